The van der Waals surface area contributed by atoms with Gasteiger partial charge in [-0.15, -0.1) is 11.8 Å². The van der Waals surface area contributed by atoms with Gasteiger partial charge in [0.1, 0.15) is 11.1 Å². The Morgan fingerprint density at radius 1 is 0.879 bits per heavy atom. The number of pyridine rings is 1. The fourth-order valence-electron chi connectivity index (χ4n) is 3.42. The van der Waals surface area contributed by atoms with Crippen LogP contribution >= 0.6 is 35.1 Å². The molecule has 0 saturated heterocycles. The number of nitriles is 1. The van der Waals surface area contributed by atoms with E-state index in [9.17, 15) is 5.26 Å². The number of hydrogen-bond acceptors (Lipinski definition) is 4. The van der Waals surface area contributed by atoms with E-state index in [1.165, 1.54) is 11.1 Å². The molecule has 1 heterocycles. The molecule has 2 nitrogen and oxygen atoms in total. The van der Waals surface area contributed by atoms with Crippen LogP contribution in [0, 0.1) is 18.3 Å². The normalized spacial score (nSPS) is 10.7. The lowest BCUT2D eigenvalue weighted by atomic mass is 9.98. The van der Waals surface area contributed by atoms with Crippen molar-refractivity contribution in [2.45, 2.75) is 17.7 Å². The number of nitrogens with zero attached hydrogens (tertiary/aromatic N) is 2. The Balaban J connectivity index is 1.56. The van der Waals surface area contributed by atoms with Gasteiger partial charge in [-0.2, -0.15) is 17.0 Å². The van der Waals surface area contributed by atoms with E-state index in [4.69, 9.17) is 16.6 Å². The molecule has 0 amide bonds. The standard InChI is InChI=1S/C28H23ClN2S2/c1-20-7-11-22(12-8-20)25-17-27(23-5-3-2-4-6-23)31-28(26(25)18-30)33-16-15-32-19-21-9-13-24(29)14-10-21/h2-14,17H,15-16,19H2,1H3. The Bertz CT molecular complexity index is 1250. The summed E-state index contributed by atoms with van der Waals surface area (Å²) in [5, 5.41) is 11.6. The summed E-state index contributed by atoms with van der Waals surface area (Å²) in [6, 6.07) is 30.9. The number of halogens is 1. The van der Waals surface area contributed by atoms with E-state index in [-0.39, 0.29) is 0 Å². The van der Waals surface area contributed by atoms with Crippen LogP contribution in [0.2, 0.25) is 5.02 Å². The zero-order valence-corrected chi connectivity index (χ0v) is 20.7. The molecule has 0 aliphatic heterocycles. The third-order valence-corrected chi connectivity index (χ3v) is 7.70. The first kappa shape index (κ1) is 23.4. The van der Waals surface area contributed by atoms with Gasteiger partial charge in [-0.3, -0.25) is 0 Å². The van der Waals surface area contributed by atoms with Gasteiger partial charge in [0.25, 0.3) is 0 Å². The molecular formula is C28H23ClN2S2. The first-order chi connectivity index (χ1) is 16.1. The number of benzene rings is 3. The minimum absolute atomic E-state index is 0.645. The summed E-state index contributed by atoms with van der Waals surface area (Å²) in [4.78, 5) is 4.90. The van der Waals surface area contributed by atoms with Gasteiger partial charge < -0.3 is 0 Å². The minimum Gasteiger partial charge on any atom is -0.240 e. The van der Waals surface area contributed by atoms with Gasteiger partial charge in [-0.05, 0) is 36.2 Å². The quantitative estimate of drug-likeness (QED) is 0.185. The largest absolute Gasteiger partial charge is 0.240 e. The highest BCUT2D eigenvalue weighted by Crippen LogP contribution is 2.34. The van der Waals surface area contributed by atoms with E-state index in [1.54, 1.807) is 11.8 Å². The lowest BCUT2D eigenvalue weighted by Gasteiger charge is -2.13. The van der Waals surface area contributed by atoms with Crippen LogP contribution in [0.3, 0.4) is 0 Å². The number of thioether (sulfide) groups is 2. The van der Waals surface area contributed by atoms with E-state index in [1.807, 2.05) is 48.2 Å². The van der Waals surface area contributed by atoms with Crippen molar-refractivity contribution in [3.8, 4) is 28.5 Å². The van der Waals surface area contributed by atoms with Gasteiger partial charge >= 0.3 is 0 Å². The summed E-state index contributed by atoms with van der Waals surface area (Å²) in [7, 11) is 0. The average molecular weight is 487 g/mol. The van der Waals surface area contributed by atoms with Crippen LogP contribution in [0.5, 0.6) is 0 Å². The van der Waals surface area contributed by atoms with Crippen LogP contribution in [0.1, 0.15) is 16.7 Å². The highest BCUT2D eigenvalue weighted by atomic mass is 35.5. The van der Waals surface area contributed by atoms with Crippen molar-refractivity contribution in [1.29, 1.82) is 5.26 Å². The van der Waals surface area contributed by atoms with Crippen molar-refractivity contribution < 1.29 is 0 Å². The zero-order valence-electron chi connectivity index (χ0n) is 18.3. The molecule has 0 aliphatic rings. The summed E-state index contributed by atoms with van der Waals surface area (Å²) >= 11 is 9.50. The smallest absolute Gasteiger partial charge is 0.115 e. The maximum Gasteiger partial charge on any atom is 0.115 e. The molecule has 4 aromatic rings. The molecule has 5 heteroatoms. The Hall–Kier alpha value is -2.71. The summed E-state index contributed by atoms with van der Waals surface area (Å²) < 4.78 is 0. The molecule has 33 heavy (non-hydrogen) atoms. The topological polar surface area (TPSA) is 36.7 Å². The van der Waals surface area contributed by atoms with E-state index >= 15 is 0 Å². The van der Waals surface area contributed by atoms with Crippen molar-refractivity contribution in [1.82, 2.24) is 4.98 Å². The van der Waals surface area contributed by atoms with Crippen LogP contribution in [-0.2, 0) is 5.75 Å². The lowest BCUT2D eigenvalue weighted by Crippen LogP contribution is -1.97. The van der Waals surface area contributed by atoms with Crippen molar-refractivity contribution in [2.24, 2.45) is 0 Å². The van der Waals surface area contributed by atoms with Gasteiger partial charge in [-0.1, -0.05) is 83.9 Å². The Kier molecular flexibility index (Phi) is 8.12. The summed E-state index contributed by atoms with van der Waals surface area (Å²) in [6.45, 7) is 2.07. The van der Waals surface area contributed by atoms with E-state index in [0.29, 0.717) is 5.56 Å². The summed E-state index contributed by atoms with van der Waals surface area (Å²) in [6.07, 6.45) is 0. The van der Waals surface area contributed by atoms with Gasteiger partial charge in [-0.25, -0.2) is 4.98 Å². The predicted molar refractivity (Wildman–Crippen MR) is 143 cm³/mol. The molecular weight excluding hydrogens is 464 g/mol. The number of hydrogen-bond donors (Lipinski definition) is 0. The first-order valence-corrected chi connectivity index (χ1v) is 13.2. The molecule has 0 spiro atoms. The Labute approximate surface area is 209 Å². The van der Waals surface area contributed by atoms with Crippen molar-refractivity contribution in [3.05, 3.63) is 107 Å². The SMILES string of the molecule is Cc1ccc(-c2cc(-c3ccccc3)nc(SCCSCc3ccc(Cl)cc3)c2C#N)cc1. The third kappa shape index (κ3) is 6.21. The Morgan fingerprint density at radius 2 is 1.61 bits per heavy atom. The highest BCUT2D eigenvalue weighted by molar-refractivity contribution is 8.02. The van der Waals surface area contributed by atoms with E-state index in [2.05, 4.69) is 61.5 Å². The molecule has 0 bridgehead atoms. The summed E-state index contributed by atoms with van der Waals surface area (Å²) in [5.74, 6) is 2.79. The number of rotatable bonds is 8. The minimum atomic E-state index is 0.645. The molecule has 0 radical (unpaired) electrons. The van der Waals surface area contributed by atoms with Crippen LogP contribution in [-0.4, -0.2) is 16.5 Å². The maximum atomic E-state index is 10.0. The highest BCUT2D eigenvalue weighted by Gasteiger charge is 2.16. The zero-order chi connectivity index (χ0) is 23.0. The van der Waals surface area contributed by atoms with E-state index in [0.717, 1.165) is 49.7 Å². The maximum absolute atomic E-state index is 10.0. The second kappa shape index (κ2) is 11.4. The Morgan fingerprint density at radius 3 is 2.30 bits per heavy atom. The third-order valence-electron chi connectivity index (χ3n) is 5.18. The molecule has 0 saturated carbocycles. The monoisotopic (exact) mass is 486 g/mol. The van der Waals surface area contributed by atoms with Crippen LogP contribution in [0.15, 0.2) is 90.0 Å². The van der Waals surface area contributed by atoms with Gasteiger partial charge in [0, 0.05) is 33.4 Å². The molecule has 0 atom stereocenters. The average Bonchev–Trinajstić information content (AvgIpc) is 2.85. The number of aryl methyl sites for hydroxylation is 1. The predicted octanol–water partition coefficient (Wildman–Crippen LogP) is 8.27. The van der Waals surface area contributed by atoms with Gasteiger partial charge in [0.05, 0.1) is 11.3 Å². The second-order valence-corrected chi connectivity index (χ2v) is 10.2. The van der Waals surface area contributed by atoms with Crippen molar-refractivity contribution in [2.75, 3.05) is 11.5 Å². The van der Waals surface area contributed by atoms with Crippen LogP contribution < -0.4 is 0 Å². The lowest BCUT2D eigenvalue weighted by molar-refractivity contribution is 1.12. The molecule has 0 aliphatic carbocycles. The summed E-state index contributed by atoms with van der Waals surface area (Å²) in [5.41, 5.74) is 7.01. The fourth-order valence-corrected chi connectivity index (χ4v) is 5.58. The molecule has 4 rings (SSSR count). The van der Waals surface area contributed by atoms with Crippen molar-refractivity contribution >= 4 is 35.1 Å². The first-order valence-electron chi connectivity index (χ1n) is 10.7. The van der Waals surface area contributed by atoms with Gasteiger partial charge in [0.2, 0.25) is 0 Å². The molecule has 3 aromatic carbocycles. The molecule has 0 fully saturated rings. The molecule has 1 aromatic heterocycles. The van der Waals surface area contributed by atoms with Crippen LogP contribution in [0.4, 0.5) is 0 Å². The molecule has 164 valence electrons. The van der Waals surface area contributed by atoms with Crippen molar-refractivity contribution in [3.63, 3.8) is 0 Å². The molecule has 0 N–H and O–H groups in total. The number of aromatic nitrogens is 1. The fraction of sp³-hybridized carbons (Fsp3) is 0.143. The van der Waals surface area contributed by atoms with Gasteiger partial charge in [0.15, 0.2) is 0 Å². The van der Waals surface area contributed by atoms with E-state index < -0.39 is 0 Å². The molecule has 0 unspecified atom stereocenters. The second-order valence-electron chi connectivity index (χ2n) is 7.61. The van der Waals surface area contributed by atoms with Crippen LogP contribution in [0.25, 0.3) is 22.4 Å².